The van der Waals surface area contributed by atoms with Crippen molar-refractivity contribution in [3.8, 4) is 11.4 Å². The first-order valence-electron chi connectivity index (χ1n) is 7.82. The Labute approximate surface area is 139 Å². The Hall–Kier alpha value is -3.08. The van der Waals surface area contributed by atoms with Gasteiger partial charge >= 0.3 is 0 Å². The minimum absolute atomic E-state index is 0.000925. The maximum Gasteiger partial charge on any atom is 0.226 e. The highest BCUT2D eigenvalue weighted by Gasteiger charge is 2.30. The predicted molar refractivity (Wildman–Crippen MR) is 91.6 cm³/mol. The predicted octanol–water partition coefficient (Wildman–Crippen LogP) is 3.36. The van der Waals surface area contributed by atoms with Crippen LogP contribution in [0.3, 0.4) is 0 Å². The van der Waals surface area contributed by atoms with Crippen LogP contribution in [0.5, 0.6) is 5.75 Å². The van der Waals surface area contributed by atoms with Crippen molar-refractivity contribution in [2.45, 2.75) is 12.3 Å². The number of aromatic nitrogens is 2. The zero-order valence-corrected chi connectivity index (χ0v) is 13.3. The first-order valence-corrected chi connectivity index (χ1v) is 7.82. The Morgan fingerprint density at radius 3 is 2.58 bits per heavy atom. The normalized spacial score (nSPS) is 16.4. The van der Waals surface area contributed by atoms with Crippen molar-refractivity contribution in [1.29, 1.82) is 0 Å². The number of nitrogens with zero attached hydrogens (tertiary/aromatic N) is 2. The maximum atomic E-state index is 12.2. The smallest absolute Gasteiger partial charge is 0.226 e. The molecule has 120 valence electrons. The number of carbonyl (C=O) groups excluding carboxylic acids is 1. The minimum Gasteiger partial charge on any atom is -0.497 e. The van der Waals surface area contributed by atoms with Crippen LogP contribution in [0.1, 0.15) is 23.6 Å². The molecule has 4 rings (SSSR count). The van der Waals surface area contributed by atoms with E-state index in [1.165, 1.54) is 0 Å². The number of fused-ring (bicyclic) bond motifs is 1. The number of para-hydroxylation sites is 1. The molecule has 2 heterocycles. The molecular formula is C19H17N3O2. The van der Waals surface area contributed by atoms with E-state index in [9.17, 15) is 4.79 Å². The van der Waals surface area contributed by atoms with Crippen molar-refractivity contribution in [2.24, 2.45) is 0 Å². The zero-order chi connectivity index (χ0) is 16.5. The summed E-state index contributed by atoms with van der Waals surface area (Å²) in [6.07, 6.45) is 2.16. The van der Waals surface area contributed by atoms with Crippen molar-refractivity contribution in [3.05, 3.63) is 72.2 Å². The van der Waals surface area contributed by atoms with E-state index < -0.39 is 0 Å². The highest BCUT2D eigenvalue weighted by Crippen LogP contribution is 2.37. The largest absolute Gasteiger partial charge is 0.497 e. The number of amides is 1. The summed E-state index contributed by atoms with van der Waals surface area (Å²) in [5, 5.41) is 2.97. The van der Waals surface area contributed by atoms with Crippen LogP contribution >= 0.6 is 0 Å². The molecule has 5 heteroatoms. The number of methoxy groups -OCH3 is 1. The van der Waals surface area contributed by atoms with Crippen molar-refractivity contribution in [3.63, 3.8) is 0 Å². The molecule has 2 aromatic carbocycles. The van der Waals surface area contributed by atoms with E-state index in [1.54, 1.807) is 13.4 Å². The van der Waals surface area contributed by atoms with Gasteiger partial charge < -0.3 is 10.1 Å². The molecule has 0 aliphatic carbocycles. The van der Waals surface area contributed by atoms with Gasteiger partial charge in [-0.05, 0) is 29.8 Å². The highest BCUT2D eigenvalue weighted by atomic mass is 16.5. The number of ether oxygens (including phenoxy) is 1. The summed E-state index contributed by atoms with van der Waals surface area (Å²) >= 11 is 0. The average molecular weight is 319 g/mol. The molecule has 1 aliphatic rings. The van der Waals surface area contributed by atoms with Crippen molar-refractivity contribution in [2.75, 3.05) is 12.4 Å². The van der Waals surface area contributed by atoms with Crippen molar-refractivity contribution >= 4 is 11.7 Å². The van der Waals surface area contributed by atoms with E-state index in [4.69, 9.17) is 4.74 Å². The van der Waals surface area contributed by atoms with Gasteiger partial charge in [-0.25, -0.2) is 4.98 Å². The average Bonchev–Trinajstić information content (AvgIpc) is 3.05. The van der Waals surface area contributed by atoms with Crippen molar-refractivity contribution < 1.29 is 9.53 Å². The van der Waals surface area contributed by atoms with Gasteiger partial charge in [-0.15, -0.1) is 0 Å². The fourth-order valence-corrected chi connectivity index (χ4v) is 3.10. The second-order valence-electron chi connectivity index (χ2n) is 5.76. The summed E-state index contributed by atoms with van der Waals surface area (Å²) in [6.45, 7) is 0. The van der Waals surface area contributed by atoms with E-state index in [0.29, 0.717) is 6.42 Å². The van der Waals surface area contributed by atoms with E-state index >= 15 is 0 Å². The standard InChI is InChI=1S/C19H17N3O2/c1-24-15-9-7-13(8-10-15)16-11-17(23)21-19-18(16)20-12-22(19)14-5-3-2-4-6-14/h2-10,12,16H,11H2,1H3,(H,21,23)/t16-/m1/s1. The molecule has 0 fully saturated rings. The van der Waals surface area contributed by atoms with Gasteiger partial charge in [-0.3, -0.25) is 9.36 Å². The summed E-state index contributed by atoms with van der Waals surface area (Å²) < 4.78 is 7.13. The number of hydrogen-bond donors (Lipinski definition) is 1. The van der Waals surface area contributed by atoms with Crippen LogP contribution in [0.25, 0.3) is 5.69 Å². The van der Waals surface area contributed by atoms with Crippen LogP contribution in [0.4, 0.5) is 5.82 Å². The van der Waals surface area contributed by atoms with E-state index in [2.05, 4.69) is 10.3 Å². The first-order chi connectivity index (χ1) is 11.8. The molecule has 3 aromatic rings. The number of rotatable bonds is 3. The van der Waals surface area contributed by atoms with E-state index in [0.717, 1.165) is 28.5 Å². The summed E-state index contributed by atoms with van der Waals surface area (Å²) in [7, 11) is 1.64. The van der Waals surface area contributed by atoms with Gasteiger partial charge in [-0.2, -0.15) is 0 Å². The molecule has 0 spiro atoms. The van der Waals surface area contributed by atoms with E-state index in [-0.39, 0.29) is 11.8 Å². The number of carbonyl (C=O) groups is 1. The Balaban J connectivity index is 1.78. The maximum absolute atomic E-state index is 12.2. The number of nitrogens with one attached hydrogen (secondary N) is 1. The first kappa shape index (κ1) is 14.5. The third-order valence-electron chi connectivity index (χ3n) is 4.33. The molecule has 5 nitrogen and oxygen atoms in total. The molecule has 1 amide bonds. The van der Waals surface area contributed by atoms with Crippen LogP contribution in [-0.2, 0) is 4.79 Å². The molecule has 1 N–H and O–H groups in total. The van der Waals surface area contributed by atoms with Crippen LogP contribution in [-0.4, -0.2) is 22.6 Å². The lowest BCUT2D eigenvalue weighted by Gasteiger charge is -2.23. The van der Waals surface area contributed by atoms with Crippen LogP contribution in [0, 0.1) is 0 Å². The molecule has 1 aliphatic heterocycles. The molecule has 1 atom stereocenters. The minimum atomic E-state index is -0.0513. The number of anilines is 1. The Morgan fingerprint density at radius 1 is 1.12 bits per heavy atom. The van der Waals surface area contributed by atoms with Gasteiger partial charge in [0.05, 0.1) is 12.8 Å². The van der Waals surface area contributed by atoms with E-state index in [1.807, 2.05) is 59.2 Å². The number of benzene rings is 2. The number of imidazole rings is 1. The summed E-state index contributed by atoms with van der Waals surface area (Å²) in [5.74, 6) is 1.50. The number of hydrogen-bond acceptors (Lipinski definition) is 3. The van der Waals surface area contributed by atoms with Gasteiger partial charge in [0.1, 0.15) is 17.9 Å². The monoisotopic (exact) mass is 319 g/mol. The van der Waals surface area contributed by atoms with Crippen molar-refractivity contribution in [1.82, 2.24) is 9.55 Å². The Bertz CT molecular complexity index is 869. The summed E-state index contributed by atoms with van der Waals surface area (Å²) in [4.78, 5) is 16.8. The fourth-order valence-electron chi connectivity index (χ4n) is 3.10. The van der Waals surface area contributed by atoms with Crippen LogP contribution < -0.4 is 10.1 Å². The van der Waals surface area contributed by atoms with Gasteiger partial charge in [-0.1, -0.05) is 30.3 Å². The molecule has 24 heavy (non-hydrogen) atoms. The molecular weight excluding hydrogens is 302 g/mol. The topological polar surface area (TPSA) is 56.1 Å². The third-order valence-corrected chi connectivity index (χ3v) is 4.33. The molecule has 0 radical (unpaired) electrons. The van der Waals surface area contributed by atoms with Crippen LogP contribution in [0.2, 0.25) is 0 Å². The summed E-state index contributed by atoms with van der Waals surface area (Å²) in [6, 6.07) is 17.7. The lowest BCUT2D eigenvalue weighted by atomic mass is 9.90. The second kappa shape index (κ2) is 5.85. The van der Waals surface area contributed by atoms with Gasteiger partial charge in [0.2, 0.25) is 5.91 Å². The Kier molecular flexibility index (Phi) is 3.54. The molecule has 0 saturated heterocycles. The second-order valence-corrected chi connectivity index (χ2v) is 5.76. The SMILES string of the molecule is COc1ccc([C@H]2CC(=O)Nc3c2ncn3-c2ccccc2)cc1. The molecule has 0 saturated carbocycles. The van der Waals surface area contributed by atoms with Gasteiger partial charge in [0, 0.05) is 18.0 Å². The highest BCUT2D eigenvalue weighted by molar-refractivity contribution is 5.94. The quantitative estimate of drug-likeness (QED) is 0.805. The molecule has 1 aromatic heterocycles. The Morgan fingerprint density at radius 2 is 1.88 bits per heavy atom. The third kappa shape index (κ3) is 2.44. The molecule has 0 bridgehead atoms. The lowest BCUT2D eigenvalue weighted by molar-refractivity contribution is -0.116. The van der Waals surface area contributed by atoms with Gasteiger partial charge in [0.25, 0.3) is 0 Å². The lowest BCUT2D eigenvalue weighted by Crippen LogP contribution is -2.24. The molecule has 0 unspecified atom stereocenters. The zero-order valence-electron chi connectivity index (χ0n) is 13.3. The van der Waals surface area contributed by atoms with Gasteiger partial charge in [0.15, 0.2) is 0 Å². The summed E-state index contributed by atoms with van der Waals surface area (Å²) in [5.41, 5.74) is 2.93. The fraction of sp³-hybridized carbons (Fsp3) is 0.158. The van der Waals surface area contributed by atoms with Crippen LogP contribution in [0.15, 0.2) is 60.9 Å².